The van der Waals surface area contributed by atoms with Gasteiger partial charge >= 0.3 is 17.9 Å². The molecule has 3 aliphatic heterocycles. The number of carbonyl (C=O) groups is 4. The molecule has 0 bridgehead atoms. The highest BCUT2D eigenvalue weighted by Crippen LogP contribution is 2.37. The van der Waals surface area contributed by atoms with Gasteiger partial charge in [-0.25, -0.2) is 0 Å². The SMILES string of the molecule is CCC(=O)O[C@@H]1CC(=O)O[C@H](C)C/C=C/C=C/[C@H](O)[C@H](C)C[C@H](CC=O)[C@H](O[C@@H]2O[C@@H](C)[C@@H](O[C@@H]3C[C@@](C)(O)[C@@H](OC(=O)CC)[C@H](C)O3)[C@H](NC)[C@@H]2O)[C@H]1OC. The Labute approximate surface area is 330 Å². The molecule has 0 amide bonds. The molecule has 320 valence electrons. The van der Waals surface area contributed by atoms with Crippen LogP contribution in [-0.2, 0) is 57.1 Å². The van der Waals surface area contributed by atoms with Gasteiger partial charge in [-0.2, -0.15) is 0 Å². The van der Waals surface area contributed by atoms with Gasteiger partial charge in [0.1, 0.15) is 42.4 Å². The first-order chi connectivity index (χ1) is 26.5. The average Bonchev–Trinajstić information content (AvgIpc) is 3.13. The van der Waals surface area contributed by atoms with Crippen molar-refractivity contribution >= 4 is 24.2 Å². The molecular formula is C40H65NO15. The number of carbonyl (C=O) groups excluding carboxylic acids is 4. The molecule has 3 rings (SSSR count). The number of methoxy groups -OCH3 is 1. The Kier molecular flexibility index (Phi) is 19.0. The number of allylic oxidation sites excluding steroid dienone is 2. The quantitative estimate of drug-likeness (QED) is 0.127. The van der Waals surface area contributed by atoms with Gasteiger partial charge in [0.05, 0.1) is 36.9 Å². The van der Waals surface area contributed by atoms with Crippen LogP contribution in [0.2, 0.25) is 0 Å². The van der Waals surface area contributed by atoms with Gasteiger partial charge < -0.3 is 63.3 Å². The van der Waals surface area contributed by atoms with Gasteiger partial charge in [-0.3, -0.25) is 14.4 Å². The number of hydrogen-bond acceptors (Lipinski definition) is 16. The highest BCUT2D eigenvalue weighted by Gasteiger charge is 2.52. The molecule has 0 radical (unpaired) electrons. The number of aliphatic hydroxyl groups excluding tert-OH is 2. The molecule has 2 fully saturated rings. The van der Waals surface area contributed by atoms with Crippen LogP contribution in [0.3, 0.4) is 0 Å². The van der Waals surface area contributed by atoms with Crippen molar-refractivity contribution in [2.75, 3.05) is 14.2 Å². The Hall–Kier alpha value is -2.80. The molecule has 0 aromatic carbocycles. The molecule has 0 aromatic heterocycles. The molecule has 3 aliphatic rings. The van der Waals surface area contributed by atoms with Crippen molar-refractivity contribution in [1.29, 1.82) is 0 Å². The fraction of sp³-hybridized carbons (Fsp3) is 0.800. The fourth-order valence-corrected chi connectivity index (χ4v) is 7.58. The second-order valence-electron chi connectivity index (χ2n) is 15.3. The number of rotatable bonds is 12. The first kappa shape index (κ1) is 47.6. The normalized spacial score (nSPS) is 41.5. The molecule has 0 aliphatic carbocycles. The van der Waals surface area contributed by atoms with Crippen molar-refractivity contribution in [3.05, 3.63) is 24.3 Å². The standard InChI is InChI=1S/C40H65NO15/c1-10-29(44)53-28-20-31(46)50-23(4)15-13-12-14-16-27(43)22(3)19-26(17-18-42)36(37(28)49-9)56-39-34(47)33(41-8)35(24(5)52-39)55-32-21-40(7,48)38(25(6)51-32)54-30(45)11-2/h12-14,16,18,22-28,32-39,41,43,47-48H,10-11,15,17,19-21H2,1-9H3/b13-12+,16-14+/t22-,23-,24+,25+,26+,27+,28-,32-,33-,34+,35-,36+,37+,38+,39+,40-/m1/s1. The summed E-state index contributed by atoms with van der Waals surface area (Å²) in [5, 5.41) is 37.3. The average molecular weight is 800 g/mol. The predicted molar refractivity (Wildman–Crippen MR) is 201 cm³/mol. The summed E-state index contributed by atoms with van der Waals surface area (Å²) in [4.78, 5) is 50.4. The lowest BCUT2D eigenvalue weighted by molar-refractivity contribution is -0.338. The number of nitrogens with one attached hydrogen (secondary N) is 1. The fourth-order valence-electron chi connectivity index (χ4n) is 7.58. The molecule has 16 atom stereocenters. The van der Waals surface area contributed by atoms with Crippen LogP contribution >= 0.6 is 0 Å². The van der Waals surface area contributed by atoms with E-state index in [9.17, 15) is 34.5 Å². The maximum atomic E-state index is 13.3. The highest BCUT2D eigenvalue weighted by atomic mass is 16.7. The Morgan fingerprint density at radius 2 is 1.66 bits per heavy atom. The molecule has 56 heavy (non-hydrogen) atoms. The summed E-state index contributed by atoms with van der Waals surface area (Å²) >= 11 is 0. The van der Waals surface area contributed by atoms with Crippen molar-refractivity contribution in [3.63, 3.8) is 0 Å². The van der Waals surface area contributed by atoms with Crippen LogP contribution in [-0.4, -0.2) is 139 Å². The van der Waals surface area contributed by atoms with Crippen LogP contribution in [0.5, 0.6) is 0 Å². The van der Waals surface area contributed by atoms with E-state index in [1.54, 1.807) is 66.8 Å². The number of hydrogen-bond donors (Lipinski definition) is 4. The minimum absolute atomic E-state index is 0.00129. The van der Waals surface area contributed by atoms with Gasteiger partial charge in [0.2, 0.25) is 0 Å². The van der Waals surface area contributed by atoms with Gasteiger partial charge in [-0.05, 0) is 53.0 Å². The second-order valence-corrected chi connectivity index (χ2v) is 15.3. The lowest BCUT2D eigenvalue weighted by atomic mass is 9.82. The first-order valence-corrected chi connectivity index (χ1v) is 19.8. The smallest absolute Gasteiger partial charge is 0.309 e. The van der Waals surface area contributed by atoms with Crippen molar-refractivity contribution in [2.45, 2.75) is 179 Å². The van der Waals surface area contributed by atoms with Gasteiger partial charge in [-0.1, -0.05) is 45.1 Å². The summed E-state index contributed by atoms with van der Waals surface area (Å²) in [6, 6.07) is -0.830. The van der Waals surface area contributed by atoms with Crippen LogP contribution in [0.4, 0.5) is 0 Å². The number of aldehydes is 1. The lowest BCUT2D eigenvalue weighted by Crippen LogP contribution is -2.65. The van der Waals surface area contributed by atoms with E-state index in [1.165, 1.54) is 7.11 Å². The van der Waals surface area contributed by atoms with E-state index in [4.69, 9.17) is 37.9 Å². The zero-order valence-corrected chi connectivity index (χ0v) is 34.2. The monoisotopic (exact) mass is 799 g/mol. The zero-order valence-electron chi connectivity index (χ0n) is 34.2. The number of aliphatic hydroxyl groups is 3. The van der Waals surface area contributed by atoms with E-state index in [1.807, 2.05) is 13.0 Å². The molecule has 0 saturated carbocycles. The first-order valence-electron chi connectivity index (χ1n) is 19.8. The Bertz CT molecular complexity index is 1320. The number of ether oxygens (including phenoxy) is 8. The number of esters is 3. The van der Waals surface area contributed by atoms with E-state index in [0.29, 0.717) is 12.7 Å². The van der Waals surface area contributed by atoms with Crippen LogP contribution in [0.1, 0.15) is 93.4 Å². The molecule has 0 spiro atoms. The minimum atomic E-state index is -1.49. The Balaban J connectivity index is 1.98. The molecule has 16 nitrogen and oxygen atoms in total. The van der Waals surface area contributed by atoms with E-state index >= 15 is 0 Å². The van der Waals surface area contributed by atoms with Crippen LogP contribution in [0.15, 0.2) is 24.3 Å². The molecular weight excluding hydrogens is 734 g/mol. The predicted octanol–water partition coefficient (Wildman–Crippen LogP) is 2.43. The van der Waals surface area contributed by atoms with E-state index < -0.39 is 121 Å². The maximum absolute atomic E-state index is 13.3. The summed E-state index contributed by atoms with van der Waals surface area (Å²) in [6.45, 7) is 11.7. The largest absolute Gasteiger partial charge is 0.462 e. The van der Waals surface area contributed by atoms with Crippen molar-refractivity contribution in [1.82, 2.24) is 5.32 Å². The van der Waals surface area contributed by atoms with Crippen molar-refractivity contribution in [2.24, 2.45) is 11.8 Å². The van der Waals surface area contributed by atoms with Gasteiger partial charge in [0.25, 0.3) is 0 Å². The number of cyclic esters (lactones) is 1. The van der Waals surface area contributed by atoms with Gasteiger partial charge in [0.15, 0.2) is 18.7 Å². The van der Waals surface area contributed by atoms with Crippen LogP contribution in [0, 0.1) is 11.8 Å². The molecule has 16 heteroatoms. The third-order valence-corrected chi connectivity index (χ3v) is 10.7. The van der Waals surface area contributed by atoms with E-state index in [0.717, 1.165) is 0 Å². The Morgan fingerprint density at radius 3 is 2.27 bits per heavy atom. The third-order valence-electron chi connectivity index (χ3n) is 10.7. The van der Waals surface area contributed by atoms with Crippen LogP contribution < -0.4 is 5.32 Å². The third kappa shape index (κ3) is 13.1. The lowest BCUT2D eigenvalue weighted by Gasteiger charge is -2.49. The summed E-state index contributed by atoms with van der Waals surface area (Å²) in [5.41, 5.74) is -1.49. The molecule has 0 unspecified atom stereocenters. The molecule has 4 N–H and O–H groups in total. The second kappa shape index (κ2) is 22.4. The molecule has 2 saturated heterocycles. The summed E-state index contributed by atoms with van der Waals surface area (Å²) in [7, 11) is 2.98. The molecule has 0 aromatic rings. The summed E-state index contributed by atoms with van der Waals surface area (Å²) in [5.74, 6) is -2.83. The number of likely N-dealkylation sites (N-methyl/N-ethyl adjacent to an activating group) is 1. The highest BCUT2D eigenvalue weighted by molar-refractivity contribution is 5.72. The van der Waals surface area contributed by atoms with Gasteiger partial charge in [-0.15, -0.1) is 0 Å². The summed E-state index contributed by atoms with van der Waals surface area (Å²) in [6.07, 6.45) is -4.15. The summed E-state index contributed by atoms with van der Waals surface area (Å²) < 4.78 is 48.2. The van der Waals surface area contributed by atoms with Crippen molar-refractivity contribution < 1.29 is 72.4 Å². The zero-order chi connectivity index (χ0) is 41.7. The Morgan fingerprint density at radius 1 is 0.982 bits per heavy atom. The minimum Gasteiger partial charge on any atom is -0.462 e. The molecule has 3 heterocycles. The topological polar surface area (TPSA) is 215 Å². The van der Waals surface area contributed by atoms with Crippen molar-refractivity contribution in [3.8, 4) is 0 Å². The van der Waals surface area contributed by atoms with Crippen LogP contribution in [0.25, 0.3) is 0 Å². The maximum Gasteiger partial charge on any atom is 0.309 e. The van der Waals surface area contributed by atoms with E-state index in [-0.39, 0.29) is 32.1 Å². The van der Waals surface area contributed by atoms with Gasteiger partial charge in [0, 0.05) is 39.2 Å². The van der Waals surface area contributed by atoms with E-state index in [2.05, 4.69) is 5.32 Å².